The molecule has 0 aromatic heterocycles. The van der Waals surface area contributed by atoms with Crippen LogP contribution in [-0.4, -0.2) is 17.8 Å². The first-order chi connectivity index (χ1) is 9.69. The van der Waals surface area contributed by atoms with Gasteiger partial charge < -0.3 is 9.57 Å². The molecule has 1 heterocycles. The summed E-state index contributed by atoms with van der Waals surface area (Å²) >= 11 is 0. The van der Waals surface area contributed by atoms with E-state index in [1.807, 2.05) is 12.1 Å². The molecule has 108 valence electrons. The molecule has 0 radical (unpaired) electrons. The number of oxime groups is 1. The first kappa shape index (κ1) is 14.6. The summed E-state index contributed by atoms with van der Waals surface area (Å²) in [5, 5.41) is 4.17. The average molecular weight is 275 g/mol. The van der Waals surface area contributed by atoms with Crippen LogP contribution in [0.2, 0.25) is 0 Å². The van der Waals surface area contributed by atoms with E-state index in [-0.39, 0.29) is 12.1 Å². The van der Waals surface area contributed by atoms with Crippen LogP contribution < -0.4 is 4.74 Å². The van der Waals surface area contributed by atoms with Crippen LogP contribution >= 0.6 is 0 Å². The van der Waals surface area contributed by atoms with E-state index in [9.17, 15) is 4.79 Å². The quantitative estimate of drug-likeness (QED) is 0.452. The van der Waals surface area contributed by atoms with Crippen LogP contribution in [0.3, 0.4) is 0 Å². The predicted octanol–water partition coefficient (Wildman–Crippen LogP) is 3.69. The van der Waals surface area contributed by atoms with Crippen LogP contribution in [0.4, 0.5) is 0 Å². The second-order valence-corrected chi connectivity index (χ2v) is 5.08. The number of rotatable bonds is 6. The fourth-order valence-corrected chi connectivity index (χ4v) is 2.26. The van der Waals surface area contributed by atoms with E-state index in [1.165, 1.54) is 26.2 Å². The van der Waals surface area contributed by atoms with E-state index in [0.717, 1.165) is 24.1 Å². The predicted molar refractivity (Wildman–Crippen MR) is 77.9 cm³/mol. The molecule has 4 heteroatoms. The third kappa shape index (κ3) is 4.08. The van der Waals surface area contributed by atoms with E-state index in [4.69, 9.17) is 9.57 Å². The van der Waals surface area contributed by atoms with E-state index in [1.54, 1.807) is 12.1 Å². The van der Waals surface area contributed by atoms with E-state index in [2.05, 4.69) is 12.1 Å². The second kappa shape index (κ2) is 7.08. The Hall–Kier alpha value is -1.84. The van der Waals surface area contributed by atoms with Gasteiger partial charge in [0.05, 0.1) is 5.71 Å². The maximum atomic E-state index is 10.9. The maximum Gasteiger partial charge on any atom is 0.308 e. The van der Waals surface area contributed by atoms with Gasteiger partial charge in [-0.05, 0) is 42.7 Å². The van der Waals surface area contributed by atoms with Gasteiger partial charge in [0.15, 0.2) is 0 Å². The molecule has 0 fully saturated rings. The molecule has 0 saturated heterocycles. The minimum atomic E-state index is -0.310. The van der Waals surface area contributed by atoms with Gasteiger partial charge in [0.1, 0.15) is 11.9 Å². The van der Waals surface area contributed by atoms with Gasteiger partial charge in [-0.15, -0.1) is 0 Å². The number of hydrogen-bond donors (Lipinski definition) is 0. The minimum Gasteiger partial charge on any atom is -0.427 e. The summed E-state index contributed by atoms with van der Waals surface area (Å²) in [6, 6.07) is 7.39. The highest BCUT2D eigenvalue weighted by molar-refractivity contribution is 6.01. The molecule has 1 aromatic carbocycles. The van der Waals surface area contributed by atoms with Gasteiger partial charge in [0.25, 0.3) is 0 Å². The van der Waals surface area contributed by atoms with Crippen molar-refractivity contribution in [2.24, 2.45) is 5.16 Å². The molecular weight excluding hydrogens is 254 g/mol. The Morgan fingerprint density at radius 2 is 2.10 bits per heavy atom. The molecule has 0 N–H and O–H groups in total. The van der Waals surface area contributed by atoms with Gasteiger partial charge in [-0.1, -0.05) is 24.9 Å². The van der Waals surface area contributed by atoms with Crippen LogP contribution in [-0.2, 0) is 9.63 Å². The second-order valence-electron chi connectivity index (χ2n) is 5.08. The first-order valence-corrected chi connectivity index (χ1v) is 7.20. The van der Waals surface area contributed by atoms with Gasteiger partial charge in [0.2, 0.25) is 0 Å². The standard InChI is InChI=1S/C16H21NO3/c1-3-4-5-6-15-11-16(17-20-15)13-7-9-14(10-8-13)19-12(2)18/h7-10,15H,3-6,11H2,1-2H3. The Bertz CT molecular complexity index is 479. The van der Waals surface area contributed by atoms with Gasteiger partial charge in [-0.25, -0.2) is 0 Å². The molecule has 20 heavy (non-hydrogen) atoms. The number of hydrogen-bond acceptors (Lipinski definition) is 4. The first-order valence-electron chi connectivity index (χ1n) is 7.20. The number of carbonyl (C=O) groups excluding carboxylic acids is 1. The fourth-order valence-electron chi connectivity index (χ4n) is 2.26. The Labute approximate surface area is 119 Å². The Morgan fingerprint density at radius 3 is 2.75 bits per heavy atom. The molecule has 0 spiro atoms. The van der Waals surface area contributed by atoms with Crippen LogP contribution in [0.25, 0.3) is 0 Å². The molecule has 1 aliphatic heterocycles. The summed E-state index contributed by atoms with van der Waals surface area (Å²) in [6.07, 6.45) is 5.78. The molecule has 0 bridgehead atoms. The number of ether oxygens (including phenoxy) is 1. The third-order valence-corrected chi connectivity index (χ3v) is 3.31. The third-order valence-electron chi connectivity index (χ3n) is 3.31. The van der Waals surface area contributed by atoms with Gasteiger partial charge in [0, 0.05) is 13.3 Å². The van der Waals surface area contributed by atoms with E-state index >= 15 is 0 Å². The van der Waals surface area contributed by atoms with Crippen molar-refractivity contribution in [3.05, 3.63) is 29.8 Å². The van der Waals surface area contributed by atoms with Crippen molar-refractivity contribution in [2.45, 2.75) is 52.1 Å². The van der Waals surface area contributed by atoms with Crippen molar-refractivity contribution in [2.75, 3.05) is 0 Å². The molecule has 1 atom stereocenters. The lowest BCUT2D eigenvalue weighted by molar-refractivity contribution is -0.131. The number of unbranched alkanes of at least 4 members (excludes halogenated alkanes) is 2. The number of carbonyl (C=O) groups is 1. The lowest BCUT2D eigenvalue weighted by atomic mass is 10.0. The molecule has 1 aromatic rings. The van der Waals surface area contributed by atoms with Crippen LogP contribution in [0, 0.1) is 0 Å². The summed E-state index contributed by atoms with van der Waals surface area (Å²) < 4.78 is 5.01. The van der Waals surface area contributed by atoms with E-state index < -0.39 is 0 Å². The van der Waals surface area contributed by atoms with Crippen molar-refractivity contribution in [3.63, 3.8) is 0 Å². The summed E-state index contributed by atoms with van der Waals surface area (Å²) in [4.78, 5) is 16.3. The Kier molecular flexibility index (Phi) is 5.16. The summed E-state index contributed by atoms with van der Waals surface area (Å²) in [5.74, 6) is 0.246. The van der Waals surface area contributed by atoms with Crippen LogP contribution in [0.5, 0.6) is 5.75 Å². The molecule has 4 nitrogen and oxygen atoms in total. The van der Waals surface area contributed by atoms with E-state index in [0.29, 0.717) is 5.75 Å². The zero-order valence-corrected chi connectivity index (χ0v) is 12.1. The molecule has 0 saturated carbocycles. The van der Waals surface area contributed by atoms with Crippen molar-refractivity contribution >= 4 is 11.7 Å². The van der Waals surface area contributed by atoms with Crippen LogP contribution in [0.1, 0.15) is 51.5 Å². The van der Waals surface area contributed by atoms with Crippen molar-refractivity contribution < 1.29 is 14.4 Å². The van der Waals surface area contributed by atoms with Gasteiger partial charge in [-0.2, -0.15) is 0 Å². The normalized spacial score (nSPS) is 17.5. The Balaban J connectivity index is 1.88. The largest absolute Gasteiger partial charge is 0.427 e. The molecule has 0 aliphatic carbocycles. The lowest BCUT2D eigenvalue weighted by Gasteiger charge is -2.06. The topological polar surface area (TPSA) is 47.9 Å². The zero-order chi connectivity index (χ0) is 14.4. The number of esters is 1. The highest BCUT2D eigenvalue weighted by atomic mass is 16.6. The average Bonchev–Trinajstić information content (AvgIpc) is 2.88. The Morgan fingerprint density at radius 1 is 1.35 bits per heavy atom. The van der Waals surface area contributed by atoms with Crippen molar-refractivity contribution in [3.8, 4) is 5.75 Å². The summed E-state index contributed by atoms with van der Waals surface area (Å²) in [6.45, 7) is 3.59. The molecule has 2 rings (SSSR count). The summed E-state index contributed by atoms with van der Waals surface area (Å²) in [5.41, 5.74) is 2.00. The molecule has 1 aliphatic rings. The van der Waals surface area contributed by atoms with Crippen molar-refractivity contribution in [1.29, 1.82) is 0 Å². The molecule has 0 amide bonds. The highest BCUT2D eigenvalue weighted by Crippen LogP contribution is 2.22. The molecule has 1 unspecified atom stereocenters. The zero-order valence-electron chi connectivity index (χ0n) is 12.1. The minimum absolute atomic E-state index is 0.213. The van der Waals surface area contributed by atoms with Gasteiger partial charge >= 0.3 is 5.97 Å². The number of nitrogens with zero attached hydrogens (tertiary/aromatic N) is 1. The summed E-state index contributed by atoms with van der Waals surface area (Å²) in [7, 11) is 0. The monoisotopic (exact) mass is 275 g/mol. The van der Waals surface area contributed by atoms with Gasteiger partial charge in [-0.3, -0.25) is 4.79 Å². The van der Waals surface area contributed by atoms with Crippen LogP contribution in [0.15, 0.2) is 29.4 Å². The highest BCUT2D eigenvalue weighted by Gasteiger charge is 2.21. The smallest absolute Gasteiger partial charge is 0.308 e. The van der Waals surface area contributed by atoms with Crippen molar-refractivity contribution in [1.82, 2.24) is 0 Å². The lowest BCUT2D eigenvalue weighted by Crippen LogP contribution is -2.08. The molecular formula is C16H21NO3. The SMILES string of the molecule is CCCCCC1CC(c2ccc(OC(C)=O)cc2)=NO1. The maximum absolute atomic E-state index is 10.9. The fraction of sp³-hybridized carbons (Fsp3) is 0.500. The number of benzene rings is 1.